The van der Waals surface area contributed by atoms with Crippen LogP contribution in [-0.2, 0) is 4.74 Å². The Morgan fingerprint density at radius 2 is 2.42 bits per heavy atom. The molecule has 1 aromatic heterocycles. The first-order valence-electron chi connectivity index (χ1n) is 3.89. The summed E-state index contributed by atoms with van der Waals surface area (Å²) in [6.45, 7) is 4.20. The van der Waals surface area contributed by atoms with Crippen molar-refractivity contribution in [3.05, 3.63) is 16.6 Å². The summed E-state index contributed by atoms with van der Waals surface area (Å²) in [5, 5.41) is 12.0. The first-order chi connectivity index (χ1) is 5.70. The second-order valence-corrected chi connectivity index (χ2v) is 3.69. The van der Waals surface area contributed by atoms with E-state index in [9.17, 15) is 5.11 Å². The van der Waals surface area contributed by atoms with Crippen molar-refractivity contribution in [1.29, 1.82) is 0 Å². The Balaban J connectivity index is 2.34. The highest BCUT2D eigenvalue weighted by molar-refractivity contribution is 7.09. The van der Waals surface area contributed by atoms with Gasteiger partial charge in [-0.3, -0.25) is 0 Å². The molecule has 1 unspecified atom stereocenters. The van der Waals surface area contributed by atoms with E-state index in [0.717, 1.165) is 5.01 Å². The Hall–Kier alpha value is -0.450. The molecule has 0 fully saturated rings. The van der Waals surface area contributed by atoms with Gasteiger partial charge >= 0.3 is 0 Å². The molecule has 1 rings (SSSR count). The van der Waals surface area contributed by atoms with Crippen molar-refractivity contribution in [3.63, 3.8) is 0 Å². The van der Waals surface area contributed by atoms with Crippen LogP contribution in [0.15, 0.2) is 11.6 Å². The van der Waals surface area contributed by atoms with Crippen molar-refractivity contribution in [3.8, 4) is 0 Å². The number of aromatic nitrogens is 1. The number of rotatable bonds is 4. The molecule has 1 aromatic rings. The second-order valence-electron chi connectivity index (χ2n) is 2.77. The van der Waals surface area contributed by atoms with Gasteiger partial charge in [0, 0.05) is 11.6 Å². The van der Waals surface area contributed by atoms with Crippen LogP contribution >= 0.6 is 11.3 Å². The molecule has 0 amide bonds. The number of nitrogens with zero attached hydrogens (tertiary/aromatic N) is 1. The van der Waals surface area contributed by atoms with E-state index < -0.39 is 6.10 Å². The zero-order valence-corrected chi connectivity index (χ0v) is 8.04. The maximum atomic E-state index is 9.48. The minimum atomic E-state index is -0.576. The van der Waals surface area contributed by atoms with Crippen molar-refractivity contribution in [2.45, 2.75) is 26.1 Å². The second kappa shape index (κ2) is 4.54. The Labute approximate surface area is 76.0 Å². The lowest BCUT2D eigenvalue weighted by molar-refractivity contribution is 0.00485. The number of thiazole rings is 1. The Morgan fingerprint density at radius 3 is 2.92 bits per heavy atom. The average molecular weight is 187 g/mol. The lowest BCUT2D eigenvalue weighted by Crippen LogP contribution is -2.11. The average Bonchev–Trinajstić information content (AvgIpc) is 2.51. The quantitative estimate of drug-likeness (QED) is 0.778. The number of hydrogen-bond donors (Lipinski definition) is 1. The van der Waals surface area contributed by atoms with Gasteiger partial charge in [-0.2, -0.15) is 0 Å². The summed E-state index contributed by atoms with van der Waals surface area (Å²) in [6, 6.07) is 0. The lowest BCUT2D eigenvalue weighted by Gasteiger charge is -2.10. The van der Waals surface area contributed by atoms with Gasteiger partial charge in [-0.25, -0.2) is 4.98 Å². The fourth-order valence-electron chi connectivity index (χ4n) is 0.754. The molecule has 1 N–H and O–H groups in total. The van der Waals surface area contributed by atoms with E-state index in [2.05, 4.69) is 4.98 Å². The van der Waals surface area contributed by atoms with Gasteiger partial charge in [0.25, 0.3) is 0 Å². The normalized spacial score (nSPS) is 13.7. The summed E-state index contributed by atoms with van der Waals surface area (Å²) in [5.41, 5.74) is 0. The summed E-state index contributed by atoms with van der Waals surface area (Å²) >= 11 is 1.44. The van der Waals surface area contributed by atoms with E-state index in [-0.39, 0.29) is 6.10 Å². The predicted molar refractivity (Wildman–Crippen MR) is 48.2 cm³/mol. The van der Waals surface area contributed by atoms with Gasteiger partial charge in [-0.05, 0) is 13.8 Å². The van der Waals surface area contributed by atoms with Gasteiger partial charge in [0.2, 0.25) is 0 Å². The highest BCUT2D eigenvalue weighted by Gasteiger charge is 2.10. The molecule has 0 saturated carbocycles. The van der Waals surface area contributed by atoms with E-state index in [1.54, 1.807) is 6.20 Å². The predicted octanol–water partition coefficient (Wildman–Crippen LogP) is 1.60. The lowest BCUT2D eigenvalue weighted by atomic mass is 10.4. The maximum Gasteiger partial charge on any atom is 0.129 e. The summed E-state index contributed by atoms with van der Waals surface area (Å²) in [4.78, 5) is 3.98. The van der Waals surface area contributed by atoms with E-state index >= 15 is 0 Å². The minimum absolute atomic E-state index is 0.152. The van der Waals surface area contributed by atoms with Gasteiger partial charge in [-0.1, -0.05) is 0 Å². The third-order valence-electron chi connectivity index (χ3n) is 1.32. The molecule has 0 spiro atoms. The Bertz CT molecular complexity index is 211. The van der Waals surface area contributed by atoms with Crippen molar-refractivity contribution in [2.75, 3.05) is 6.61 Å². The third kappa shape index (κ3) is 2.89. The fourth-order valence-corrected chi connectivity index (χ4v) is 1.36. The number of aliphatic hydroxyl groups excluding tert-OH is 1. The van der Waals surface area contributed by atoms with Crippen molar-refractivity contribution >= 4 is 11.3 Å². The molecule has 0 radical (unpaired) electrons. The minimum Gasteiger partial charge on any atom is -0.383 e. The standard InChI is InChI=1S/C8H13NO2S/c1-6(2)11-5-7(10)8-9-3-4-12-8/h3-4,6-7,10H,5H2,1-2H3. The van der Waals surface area contributed by atoms with Gasteiger partial charge in [0.05, 0.1) is 12.7 Å². The monoisotopic (exact) mass is 187 g/mol. The zero-order valence-electron chi connectivity index (χ0n) is 7.23. The summed E-state index contributed by atoms with van der Waals surface area (Å²) in [5.74, 6) is 0. The highest BCUT2D eigenvalue weighted by atomic mass is 32.1. The molecule has 68 valence electrons. The summed E-state index contributed by atoms with van der Waals surface area (Å²) in [6.07, 6.45) is 1.26. The number of ether oxygens (including phenoxy) is 1. The molecular formula is C8H13NO2S. The van der Waals surface area contributed by atoms with Crippen LogP contribution in [0.4, 0.5) is 0 Å². The van der Waals surface area contributed by atoms with Gasteiger partial charge < -0.3 is 9.84 Å². The Morgan fingerprint density at radius 1 is 1.67 bits per heavy atom. The fraction of sp³-hybridized carbons (Fsp3) is 0.625. The molecule has 12 heavy (non-hydrogen) atoms. The molecule has 4 heteroatoms. The first-order valence-corrected chi connectivity index (χ1v) is 4.77. The summed E-state index contributed by atoms with van der Waals surface area (Å²) in [7, 11) is 0. The van der Waals surface area contributed by atoms with Crippen LogP contribution in [0, 0.1) is 0 Å². The van der Waals surface area contributed by atoms with Crippen molar-refractivity contribution < 1.29 is 9.84 Å². The molecule has 1 atom stereocenters. The number of hydrogen-bond acceptors (Lipinski definition) is 4. The van der Waals surface area contributed by atoms with E-state index in [0.29, 0.717) is 6.61 Å². The van der Waals surface area contributed by atoms with E-state index in [1.165, 1.54) is 11.3 Å². The van der Waals surface area contributed by atoms with Crippen molar-refractivity contribution in [1.82, 2.24) is 4.98 Å². The largest absolute Gasteiger partial charge is 0.383 e. The van der Waals surface area contributed by atoms with E-state index in [4.69, 9.17) is 4.74 Å². The number of aliphatic hydroxyl groups is 1. The van der Waals surface area contributed by atoms with Crippen LogP contribution in [0.3, 0.4) is 0 Å². The van der Waals surface area contributed by atoms with Crippen LogP contribution < -0.4 is 0 Å². The molecule has 0 aromatic carbocycles. The van der Waals surface area contributed by atoms with Crippen LogP contribution in [0.1, 0.15) is 25.0 Å². The van der Waals surface area contributed by atoms with Gasteiger partial charge in [0.1, 0.15) is 11.1 Å². The third-order valence-corrected chi connectivity index (χ3v) is 2.20. The first kappa shape index (κ1) is 9.64. The van der Waals surface area contributed by atoms with Crippen LogP contribution in [-0.4, -0.2) is 22.8 Å². The van der Waals surface area contributed by atoms with E-state index in [1.807, 2.05) is 19.2 Å². The van der Waals surface area contributed by atoms with Gasteiger partial charge in [0.15, 0.2) is 0 Å². The molecular weight excluding hydrogens is 174 g/mol. The molecule has 0 aliphatic carbocycles. The molecule has 0 aliphatic heterocycles. The molecule has 0 aliphatic rings. The maximum absolute atomic E-state index is 9.48. The van der Waals surface area contributed by atoms with Crippen LogP contribution in [0.2, 0.25) is 0 Å². The van der Waals surface area contributed by atoms with Crippen molar-refractivity contribution in [2.24, 2.45) is 0 Å². The summed E-state index contributed by atoms with van der Waals surface area (Å²) < 4.78 is 5.24. The molecule has 0 saturated heterocycles. The highest BCUT2D eigenvalue weighted by Crippen LogP contribution is 2.15. The smallest absolute Gasteiger partial charge is 0.129 e. The van der Waals surface area contributed by atoms with Crippen LogP contribution in [0.5, 0.6) is 0 Å². The molecule has 0 bridgehead atoms. The topological polar surface area (TPSA) is 42.4 Å². The zero-order chi connectivity index (χ0) is 8.97. The van der Waals surface area contributed by atoms with Gasteiger partial charge in [-0.15, -0.1) is 11.3 Å². The Kier molecular flexibility index (Phi) is 3.65. The van der Waals surface area contributed by atoms with Crippen LogP contribution in [0.25, 0.3) is 0 Å². The SMILES string of the molecule is CC(C)OCC(O)c1nccs1. The molecule has 3 nitrogen and oxygen atoms in total. The molecule has 1 heterocycles.